The molecule has 0 amide bonds. The van der Waals surface area contributed by atoms with Gasteiger partial charge in [0.1, 0.15) is 5.75 Å². The molecule has 3 nitrogen and oxygen atoms in total. The van der Waals surface area contributed by atoms with Crippen molar-refractivity contribution in [3.63, 3.8) is 0 Å². The summed E-state index contributed by atoms with van der Waals surface area (Å²) < 4.78 is 5.90. The number of benzene rings is 2. The molecule has 0 saturated carbocycles. The Balaban J connectivity index is 2.05. The Morgan fingerprint density at radius 3 is 2.50 bits per heavy atom. The summed E-state index contributed by atoms with van der Waals surface area (Å²) in [5.41, 5.74) is 7.65. The predicted molar refractivity (Wildman–Crippen MR) is 81.0 cm³/mol. The van der Waals surface area contributed by atoms with Crippen LogP contribution < -0.4 is 10.5 Å². The minimum atomic E-state index is 0.575. The number of rotatable bonds is 4. The number of fused-ring (bicyclic) bond motifs is 1. The molecule has 0 aliphatic carbocycles. The molecule has 3 heteroatoms. The fraction of sp³-hybridized carbons (Fsp3) is 0.118. The Morgan fingerprint density at radius 2 is 1.70 bits per heavy atom. The van der Waals surface area contributed by atoms with Gasteiger partial charge in [0.25, 0.3) is 0 Å². The highest BCUT2D eigenvalue weighted by Crippen LogP contribution is 2.27. The van der Waals surface area contributed by atoms with E-state index in [1.807, 2.05) is 48.5 Å². The minimum Gasteiger partial charge on any atom is -0.439 e. The Morgan fingerprint density at radius 1 is 0.950 bits per heavy atom. The van der Waals surface area contributed by atoms with Crippen LogP contribution in [-0.2, 0) is 6.42 Å². The molecule has 0 fully saturated rings. The summed E-state index contributed by atoms with van der Waals surface area (Å²) in [6.45, 7) is 0.575. The van der Waals surface area contributed by atoms with Gasteiger partial charge in [0.15, 0.2) is 0 Å². The Labute approximate surface area is 118 Å². The number of nitrogens with two attached hydrogens (primary N) is 1. The zero-order chi connectivity index (χ0) is 13.8. The molecule has 0 aliphatic rings. The van der Waals surface area contributed by atoms with E-state index in [0.29, 0.717) is 12.4 Å². The molecule has 0 radical (unpaired) electrons. The molecule has 1 aromatic heterocycles. The summed E-state index contributed by atoms with van der Waals surface area (Å²) in [6.07, 6.45) is 0.750. The molecule has 20 heavy (non-hydrogen) atoms. The maximum atomic E-state index is 5.90. The van der Waals surface area contributed by atoms with Crippen LogP contribution in [0.25, 0.3) is 10.9 Å². The lowest BCUT2D eigenvalue weighted by molar-refractivity contribution is 0.458. The molecule has 0 saturated heterocycles. The molecule has 100 valence electrons. The second-order valence-corrected chi connectivity index (χ2v) is 4.60. The Kier molecular flexibility index (Phi) is 3.61. The van der Waals surface area contributed by atoms with Gasteiger partial charge in [0, 0.05) is 10.9 Å². The van der Waals surface area contributed by atoms with Crippen LogP contribution in [0.5, 0.6) is 11.6 Å². The van der Waals surface area contributed by atoms with Gasteiger partial charge < -0.3 is 10.5 Å². The number of pyridine rings is 1. The van der Waals surface area contributed by atoms with Crippen LogP contribution in [0.4, 0.5) is 0 Å². The summed E-state index contributed by atoms with van der Waals surface area (Å²) in [6, 6.07) is 19.8. The van der Waals surface area contributed by atoms with Gasteiger partial charge in [-0.3, -0.25) is 0 Å². The van der Waals surface area contributed by atoms with Gasteiger partial charge in [-0.25, -0.2) is 4.98 Å². The lowest BCUT2D eigenvalue weighted by Crippen LogP contribution is -2.05. The molecule has 2 aromatic carbocycles. The van der Waals surface area contributed by atoms with Crippen LogP contribution in [-0.4, -0.2) is 11.5 Å². The zero-order valence-corrected chi connectivity index (χ0v) is 11.1. The maximum Gasteiger partial charge on any atom is 0.223 e. The minimum absolute atomic E-state index is 0.575. The van der Waals surface area contributed by atoms with Crippen molar-refractivity contribution >= 4 is 10.9 Å². The highest BCUT2D eigenvalue weighted by atomic mass is 16.5. The standard InChI is InChI=1S/C17H16N2O/c18-11-10-14-12-13-6-4-5-9-16(13)19-17(14)20-15-7-2-1-3-8-15/h1-9,12H,10-11,18H2. The van der Waals surface area contributed by atoms with E-state index < -0.39 is 0 Å². The lowest BCUT2D eigenvalue weighted by Gasteiger charge is -2.11. The molecular formula is C17H16N2O. The topological polar surface area (TPSA) is 48.1 Å². The van der Waals surface area contributed by atoms with E-state index in [-0.39, 0.29) is 0 Å². The van der Waals surface area contributed by atoms with E-state index in [0.717, 1.165) is 28.6 Å². The molecule has 0 bridgehead atoms. The van der Waals surface area contributed by atoms with Crippen LogP contribution in [0.15, 0.2) is 60.7 Å². The number of para-hydroxylation sites is 2. The van der Waals surface area contributed by atoms with E-state index >= 15 is 0 Å². The van der Waals surface area contributed by atoms with Gasteiger partial charge in [-0.05, 0) is 37.2 Å². The number of hydrogen-bond donors (Lipinski definition) is 1. The van der Waals surface area contributed by atoms with Gasteiger partial charge in [0.05, 0.1) is 5.52 Å². The van der Waals surface area contributed by atoms with Crippen molar-refractivity contribution in [1.82, 2.24) is 4.98 Å². The Bertz CT molecular complexity index is 711. The van der Waals surface area contributed by atoms with Crippen LogP contribution in [0.3, 0.4) is 0 Å². The first kappa shape index (κ1) is 12.6. The van der Waals surface area contributed by atoms with E-state index in [9.17, 15) is 0 Å². The van der Waals surface area contributed by atoms with Crippen molar-refractivity contribution in [3.8, 4) is 11.6 Å². The zero-order valence-electron chi connectivity index (χ0n) is 11.1. The monoisotopic (exact) mass is 264 g/mol. The van der Waals surface area contributed by atoms with E-state index in [1.54, 1.807) is 0 Å². The average Bonchev–Trinajstić information content (AvgIpc) is 2.49. The highest BCUT2D eigenvalue weighted by Gasteiger charge is 2.08. The molecular weight excluding hydrogens is 248 g/mol. The van der Waals surface area contributed by atoms with Crippen molar-refractivity contribution in [2.75, 3.05) is 6.54 Å². The predicted octanol–water partition coefficient (Wildman–Crippen LogP) is 3.53. The quantitative estimate of drug-likeness (QED) is 0.784. The van der Waals surface area contributed by atoms with Crippen LogP contribution >= 0.6 is 0 Å². The largest absolute Gasteiger partial charge is 0.439 e. The number of nitrogens with zero attached hydrogens (tertiary/aromatic N) is 1. The van der Waals surface area contributed by atoms with Gasteiger partial charge >= 0.3 is 0 Å². The van der Waals surface area contributed by atoms with E-state index in [4.69, 9.17) is 10.5 Å². The number of aromatic nitrogens is 1. The third-order valence-electron chi connectivity index (χ3n) is 3.13. The van der Waals surface area contributed by atoms with Crippen molar-refractivity contribution in [1.29, 1.82) is 0 Å². The lowest BCUT2D eigenvalue weighted by atomic mass is 10.1. The van der Waals surface area contributed by atoms with E-state index in [2.05, 4.69) is 17.1 Å². The van der Waals surface area contributed by atoms with Gasteiger partial charge in [-0.15, -0.1) is 0 Å². The number of ether oxygens (including phenoxy) is 1. The molecule has 3 aromatic rings. The van der Waals surface area contributed by atoms with Crippen LogP contribution in [0, 0.1) is 0 Å². The molecule has 0 aliphatic heterocycles. The SMILES string of the molecule is NCCc1cc2ccccc2nc1Oc1ccccc1. The summed E-state index contributed by atoms with van der Waals surface area (Å²) in [5.74, 6) is 1.42. The summed E-state index contributed by atoms with van der Waals surface area (Å²) >= 11 is 0. The summed E-state index contributed by atoms with van der Waals surface area (Å²) in [5, 5.41) is 1.11. The maximum absolute atomic E-state index is 5.90. The van der Waals surface area contributed by atoms with Crippen molar-refractivity contribution < 1.29 is 4.74 Å². The summed E-state index contributed by atoms with van der Waals surface area (Å²) in [7, 11) is 0. The number of hydrogen-bond acceptors (Lipinski definition) is 3. The van der Waals surface area contributed by atoms with Gasteiger partial charge in [-0.1, -0.05) is 36.4 Å². The molecule has 3 rings (SSSR count). The highest BCUT2D eigenvalue weighted by molar-refractivity contribution is 5.80. The van der Waals surface area contributed by atoms with E-state index in [1.165, 1.54) is 0 Å². The fourth-order valence-corrected chi connectivity index (χ4v) is 2.17. The molecule has 0 spiro atoms. The van der Waals surface area contributed by atoms with Crippen molar-refractivity contribution in [2.45, 2.75) is 6.42 Å². The molecule has 2 N–H and O–H groups in total. The smallest absolute Gasteiger partial charge is 0.223 e. The third kappa shape index (κ3) is 2.63. The third-order valence-corrected chi connectivity index (χ3v) is 3.13. The molecule has 0 unspecified atom stereocenters. The first-order chi connectivity index (χ1) is 9.86. The average molecular weight is 264 g/mol. The Hall–Kier alpha value is -2.39. The van der Waals surface area contributed by atoms with Crippen molar-refractivity contribution in [2.24, 2.45) is 5.73 Å². The van der Waals surface area contributed by atoms with Crippen LogP contribution in [0.1, 0.15) is 5.56 Å². The van der Waals surface area contributed by atoms with Crippen LogP contribution in [0.2, 0.25) is 0 Å². The first-order valence-electron chi connectivity index (χ1n) is 6.68. The van der Waals surface area contributed by atoms with Gasteiger partial charge in [0.2, 0.25) is 5.88 Å². The summed E-state index contributed by atoms with van der Waals surface area (Å²) in [4.78, 5) is 4.61. The molecule has 1 heterocycles. The first-order valence-corrected chi connectivity index (χ1v) is 6.68. The second kappa shape index (κ2) is 5.72. The second-order valence-electron chi connectivity index (χ2n) is 4.60. The molecule has 0 atom stereocenters. The fourth-order valence-electron chi connectivity index (χ4n) is 2.17. The normalized spacial score (nSPS) is 10.7. The van der Waals surface area contributed by atoms with Gasteiger partial charge in [-0.2, -0.15) is 0 Å². The van der Waals surface area contributed by atoms with Crippen molar-refractivity contribution in [3.05, 3.63) is 66.2 Å².